The third kappa shape index (κ3) is 5.26. The van der Waals surface area contributed by atoms with Crippen LogP contribution >= 0.6 is 11.6 Å². The first-order valence-corrected chi connectivity index (χ1v) is 6.40. The molecule has 0 aromatic carbocycles. The van der Waals surface area contributed by atoms with Gasteiger partial charge in [-0.1, -0.05) is 18.5 Å². The Morgan fingerprint density at radius 3 is 2.79 bits per heavy atom. The number of nitrogens with one attached hydrogen (secondary N) is 1. The summed E-state index contributed by atoms with van der Waals surface area (Å²) in [7, 11) is 0. The maximum absolute atomic E-state index is 11.9. The van der Waals surface area contributed by atoms with Crippen molar-refractivity contribution in [1.82, 2.24) is 10.3 Å². The molecular weight excluding hydrogens is 268 g/mol. The number of aromatic nitrogens is 1. The Balaban J connectivity index is 2.49. The Bertz CT molecular complexity index is 477. The van der Waals surface area contributed by atoms with Gasteiger partial charge in [-0.2, -0.15) is 0 Å². The number of carboxylic acid groups (broad SMARTS) is 1. The van der Waals surface area contributed by atoms with E-state index in [0.29, 0.717) is 23.6 Å². The summed E-state index contributed by atoms with van der Waals surface area (Å²) in [6.07, 6.45) is 2.06. The minimum Gasteiger partial charge on any atom is -0.481 e. The number of carboxylic acids is 1. The van der Waals surface area contributed by atoms with Gasteiger partial charge in [0, 0.05) is 24.9 Å². The van der Waals surface area contributed by atoms with E-state index in [1.165, 1.54) is 6.20 Å². The third-order valence-corrected chi connectivity index (χ3v) is 3.01. The van der Waals surface area contributed by atoms with Crippen LogP contribution in [0.4, 0.5) is 0 Å². The predicted molar refractivity (Wildman–Crippen MR) is 72.4 cm³/mol. The Kier molecular flexibility index (Phi) is 5.76. The molecule has 0 aliphatic heterocycles. The summed E-state index contributed by atoms with van der Waals surface area (Å²) in [6.45, 7) is 4.09. The second-order valence-electron chi connectivity index (χ2n) is 4.55. The zero-order valence-electron chi connectivity index (χ0n) is 10.9. The first-order valence-electron chi connectivity index (χ1n) is 6.02. The van der Waals surface area contributed by atoms with E-state index in [9.17, 15) is 9.59 Å². The van der Waals surface area contributed by atoms with Crippen molar-refractivity contribution in [2.75, 3.05) is 6.54 Å². The minimum atomic E-state index is -0.830. The van der Waals surface area contributed by atoms with Crippen LogP contribution in [0, 0.1) is 12.8 Å². The van der Waals surface area contributed by atoms with Gasteiger partial charge in [0.25, 0.3) is 5.91 Å². The van der Waals surface area contributed by atoms with Crippen molar-refractivity contribution in [2.24, 2.45) is 5.92 Å². The van der Waals surface area contributed by atoms with Crippen LogP contribution in [-0.2, 0) is 4.79 Å². The molecule has 1 amide bonds. The van der Waals surface area contributed by atoms with Gasteiger partial charge in [-0.05, 0) is 25.3 Å². The van der Waals surface area contributed by atoms with Gasteiger partial charge in [0.05, 0.1) is 10.6 Å². The number of carbonyl (C=O) groups is 2. The summed E-state index contributed by atoms with van der Waals surface area (Å²) in [4.78, 5) is 26.3. The molecule has 0 aliphatic rings. The van der Waals surface area contributed by atoms with Crippen LogP contribution < -0.4 is 5.32 Å². The fourth-order valence-corrected chi connectivity index (χ4v) is 1.82. The first kappa shape index (κ1) is 15.4. The van der Waals surface area contributed by atoms with E-state index in [2.05, 4.69) is 10.3 Å². The molecule has 2 N–H and O–H groups in total. The van der Waals surface area contributed by atoms with Crippen LogP contribution in [0.15, 0.2) is 12.3 Å². The zero-order valence-corrected chi connectivity index (χ0v) is 11.7. The minimum absolute atomic E-state index is 0.0947. The van der Waals surface area contributed by atoms with Crippen LogP contribution in [0.5, 0.6) is 0 Å². The van der Waals surface area contributed by atoms with Gasteiger partial charge >= 0.3 is 5.97 Å². The van der Waals surface area contributed by atoms with Crippen LogP contribution in [0.1, 0.15) is 35.8 Å². The third-order valence-electron chi connectivity index (χ3n) is 2.70. The van der Waals surface area contributed by atoms with E-state index >= 15 is 0 Å². The monoisotopic (exact) mass is 284 g/mol. The lowest BCUT2D eigenvalue weighted by atomic mass is 10.1. The highest BCUT2D eigenvalue weighted by atomic mass is 35.5. The molecule has 0 spiro atoms. The molecule has 104 valence electrons. The molecule has 0 saturated heterocycles. The van der Waals surface area contributed by atoms with Crippen molar-refractivity contribution in [1.29, 1.82) is 0 Å². The summed E-state index contributed by atoms with van der Waals surface area (Å²) in [6, 6.07) is 1.63. The van der Waals surface area contributed by atoms with Gasteiger partial charge in [-0.15, -0.1) is 0 Å². The average molecular weight is 285 g/mol. The summed E-state index contributed by atoms with van der Waals surface area (Å²) in [5.41, 5.74) is 1.08. The average Bonchev–Trinajstić information content (AvgIpc) is 2.33. The summed E-state index contributed by atoms with van der Waals surface area (Å²) < 4.78 is 0. The highest BCUT2D eigenvalue weighted by molar-refractivity contribution is 6.33. The highest BCUT2D eigenvalue weighted by Gasteiger charge is 2.12. The predicted octanol–water partition coefficient (Wildman–Crippen LogP) is 2.27. The van der Waals surface area contributed by atoms with Crippen molar-refractivity contribution < 1.29 is 14.7 Å². The van der Waals surface area contributed by atoms with Gasteiger partial charge in [0.1, 0.15) is 0 Å². The number of amides is 1. The Morgan fingerprint density at radius 1 is 1.53 bits per heavy atom. The number of rotatable bonds is 6. The number of aliphatic carboxylic acids is 1. The molecule has 0 fully saturated rings. The summed E-state index contributed by atoms with van der Waals surface area (Å²) in [5, 5.41) is 11.7. The second kappa shape index (κ2) is 7.09. The molecule has 1 aromatic rings. The molecule has 1 aromatic heterocycles. The van der Waals surface area contributed by atoms with E-state index in [4.69, 9.17) is 16.7 Å². The van der Waals surface area contributed by atoms with Gasteiger partial charge in [0.2, 0.25) is 0 Å². The molecule has 0 radical (unpaired) electrons. The van der Waals surface area contributed by atoms with E-state index < -0.39 is 5.97 Å². The van der Waals surface area contributed by atoms with E-state index in [-0.39, 0.29) is 18.2 Å². The van der Waals surface area contributed by atoms with Gasteiger partial charge in [-0.25, -0.2) is 0 Å². The molecule has 1 rings (SSSR count). The number of nitrogens with zero attached hydrogens (tertiary/aromatic N) is 1. The number of pyridine rings is 1. The number of carbonyl (C=O) groups excluding carboxylic acids is 1. The lowest BCUT2D eigenvalue weighted by molar-refractivity contribution is -0.137. The topological polar surface area (TPSA) is 79.3 Å². The SMILES string of the molecule is Cc1cc(Cl)c(C(=O)NCC(C)CCC(=O)O)cn1. The van der Waals surface area contributed by atoms with Gasteiger partial charge in [0.15, 0.2) is 0 Å². The maximum Gasteiger partial charge on any atom is 0.303 e. The first-order chi connectivity index (χ1) is 8.90. The summed E-state index contributed by atoms with van der Waals surface area (Å²) >= 11 is 5.96. The molecule has 5 nitrogen and oxygen atoms in total. The molecule has 0 aliphatic carbocycles. The van der Waals surface area contributed by atoms with Crippen molar-refractivity contribution >= 4 is 23.5 Å². The fraction of sp³-hybridized carbons (Fsp3) is 0.462. The number of halogens is 1. The molecule has 0 saturated carbocycles. The van der Waals surface area contributed by atoms with Gasteiger partial charge in [-0.3, -0.25) is 14.6 Å². The fourth-order valence-electron chi connectivity index (χ4n) is 1.53. The molecule has 0 bridgehead atoms. The maximum atomic E-state index is 11.9. The van der Waals surface area contributed by atoms with Crippen molar-refractivity contribution in [3.05, 3.63) is 28.5 Å². The molecule has 1 heterocycles. The second-order valence-corrected chi connectivity index (χ2v) is 4.96. The zero-order chi connectivity index (χ0) is 14.4. The van der Waals surface area contributed by atoms with E-state index in [1.54, 1.807) is 13.0 Å². The quantitative estimate of drug-likeness (QED) is 0.840. The van der Waals surface area contributed by atoms with E-state index in [1.807, 2.05) is 6.92 Å². The molecule has 1 atom stereocenters. The molecule has 1 unspecified atom stereocenters. The number of hydrogen-bond acceptors (Lipinski definition) is 3. The molecule has 6 heteroatoms. The number of aryl methyl sites for hydroxylation is 1. The normalized spacial score (nSPS) is 11.9. The summed E-state index contributed by atoms with van der Waals surface area (Å²) in [5.74, 6) is -1.03. The van der Waals surface area contributed by atoms with Crippen molar-refractivity contribution in [3.8, 4) is 0 Å². The van der Waals surface area contributed by atoms with Crippen LogP contribution in [0.25, 0.3) is 0 Å². The Labute approximate surface area is 117 Å². The smallest absolute Gasteiger partial charge is 0.303 e. The van der Waals surface area contributed by atoms with E-state index in [0.717, 1.165) is 5.69 Å². The van der Waals surface area contributed by atoms with Crippen molar-refractivity contribution in [2.45, 2.75) is 26.7 Å². The lowest BCUT2D eigenvalue weighted by Gasteiger charge is -2.12. The highest BCUT2D eigenvalue weighted by Crippen LogP contribution is 2.15. The van der Waals surface area contributed by atoms with Crippen LogP contribution in [-0.4, -0.2) is 28.5 Å². The molecule has 19 heavy (non-hydrogen) atoms. The van der Waals surface area contributed by atoms with Crippen LogP contribution in [0.3, 0.4) is 0 Å². The lowest BCUT2D eigenvalue weighted by Crippen LogP contribution is -2.28. The Morgan fingerprint density at radius 2 is 2.21 bits per heavy atom. The molecular formula is C13H17ClN2O3. The van der Waals surface area contributed by atoms with Crippen LogP contribution in [0.2, 0.25) is 5.02 Å². The van der Waals surface area contributed by atoms with Gasteiger partial charge < -0.3 is 10.4 Å². The van der Waals surface area contributed by atoms with Crippen molar-refractivity contribution in [3.63, 3.8) is 0 Å². The largest absolute Gasteiger partial charge is 0.481 e. The standard InChI is InChI=1S/C13H17ClN2O3/c1-8(3-4-12(17)18)6-16-13(19)10-7-15-9(2)5-11(10)14/h5,7-8H,3-4,6H2,1-2H3,(H,16,19)(H,17,18). The number of hydrogen-bond donors (Lipinski definition) is 2. The Hall–Kier alpha value is -1.62.